The van der Waals surface area contributed by atoms with Crippen LogP contribution in [-0.2, 0) is 16.0 Å². The van der Waals surface area contributed by atoms with E-state index in [1.54, 1.807) is 0 Å². The van der Waals surface area contributed by atoms with Gasteiger partial charge in [-0.2, -0.15) is 0 Å². The van der Waals surface area contributed by atoms with Gasteiger partial charge in [-0.05, 0) is 68.6 Å². The molecule has 2 aliphatic heterocycles. The van der Waals surface area contributed by atoms with Crippen molar-refractivity contribution in [2.45, 2.75) is 45.6 Å². The van der Waals surface area contributed by atoms with Crippen LogP contribution in [0.15, 0.2) is 29.3 Å². The van der Waals surface area contributed by atoms with Crippen molar-refractivity contribution in [2.24, 2.45) is 16.8 Å². The maximum atomic E-state index is 9.32. The summed E-state index contributed by atoms with van der Waals surface area (Å²) in [5.41, 5.74) is 2.47. The lowest BCUT2D eigenvalue weighted by molar-refractivity contribution is 0.0203. The van der Waals surface area contributed by atoms with Crippen molar-refractivity contribution in [3.63, 3.8) is 0 Å². The second-order valence-corrected chi connectivity index (χ2v) is 8.89. The Morgan fingerprint density at radius 2 is 1.82 bits per heavy atom. The standard InChI is InChI=1S/C25H42N4O3.HI/c1-2-26-25(27-12-3-15-32-20-23-10-16-31-17-11-23)28-18-21-4-6-24(7-5-21)29-13-8-22(19-30)9-14-29;/h4-7,22-23,30H,2-3,8-20H2,1H3,(H2,26,27,28);1H. The number of anilines is 1. The molecule has 0 radical (unpaired) electrons. The number of hydrogen-bond acceptors (Lipinski definition) is 5. The van der Waals surface area contributed by atoms with E-state index in [4.69, 9.17) is 14.5 Å². The third kappa shape index (κ3) is 10.4. The van der Waals surface area contributed by atoms with Crippen LogP contribution in [0.2, 0.25) is 0 Å². The summed E-state index contributed by atoms with van der Waals surface area (Å²) in [6, 6.07) is 8.73. The Kier molecular flexibility index (Phi) is 14.1. The highest BCUT2D eigenvalue weighted by molar-refractivity contribution is 14.0. The summed E-state index contributed by atoms with van der Waals surface area (Å²) in [5, 5.41) is 16.1. The molecule has 7 nitrogen and oxygen atoms in total. The minimum absolute atomic E-state index is 0. The number of aliphatic imine (C=N–C) groups is 1. The average molecular weight is 575 g/mol. The van der Waals surface area contributed by atoms with Gasteiger partial charge < -0.3 is 30.1 Å². The summed E-state index contributed by atoms with van der Waals surface area (Å²) in [6.45, 7) is 10.2. The van der Waals surface area contributed by atoms with E-state index in [1.165, 1.54) is 11.3 Å². The molecule has 0 amide bonds. The zero-order valence-corrected chi connectivity index (χ0v) is 22.5. The summed E-state index contributed by atoms with van der Waals surface area (Å²) >= 11 is 0. The summed E-state index contributed by atoms with van der Waals surface area (Å²) in [4.78, 5) is 7.15. The Balaban J connectivity index is 0.00000385. The Morgan fingerprint density at radius 1 is 1.09 bits per heavy atom. The van der Waals surface area contributed by atoms with Crippen LogP contribution in [0.3, 0.4) is 0 Å². The van der Waals surface area contributed by atoms with E-state index in [0.29, 0.717) is 25.0 Å². The number of piperidine rings is 1. The summed E-state index contributed by atoms with van der Waals surface area (Å²) in [7, 11) is 0. The van der Waals surface area contributed by atoms with Gasteiger partial charge in [-0.1, -0.05) is 12.1 Å². The first-order chi connectivity index (χ1) is 15.8. The molecule has 33 heavy (non-hydrogen) atoms. The van der Waals surface area contributed by atoms with Crippen LogP contribution in [0.4, 0.5) is 5.69 Å². The van der Waals surface area contributed by atoms with Gasteiger partial charge in [0, 0.05) is 64.9 Å². The second-order valence-electron chi connectivity index (χ2n) is 8.89. The van der Waals surface area contributed by atoms with Gasteiger partial charge in [-0.15, -0.1) is 24.0 Å². The third-order valence-corrected chi connectivity index (χ3v) is 6.39. The predicted octanol–water partition coefficient (Wildman–Crippen LogP) is 3.40. The fourth-order valence-electron chi connectivity index (χ4n) is 4.24. The van der Waals surface area contributed by atoms with Crippen molar-refractivity contribution in [1.29, 1.82) is 0 Å². The molecule has 2 heterocycles. The number of nitrogens with zero attached hydrogens (tertiary/aromatic N) is 2. The van der Waals surface area contributed by atoms with E-state index in [0.717, 1.165) is 90.7 Å². The highest BCUT2D eigenvalue weighted by Gasteiger charge is 2.18. The molecule has 0 unspecified atom stereocenters. The molecule has 3 N–H and O–H groups in total. The van der Waals surface area contributed by atoms with Crippen molar-refractivity contribution in [3.05, 3.63) is 29.8 Å². The van der Waals surface area contributed by atoms with Crippen molar-refractivity contribution in [1.82, 2.24) is 10.6 Å². The summed E-state index contributed by atoms with van der Waals surface area (Å²) in [5.74, 6) is 1.98. The Hall–Kier alpha value is -1.10. The van der Waals surface area contributed by atoms with E-state index in [2.05, 4.69) is 46.7 Å². The molecule has 1 aromatic rings. The molecule has 188 valence electrons. The highest BCUT2D eigenvalue weighted by atomic mass is 127. The second kappa shape index (κ2) is 16.5. The normalized spacial score (nSPS) is 18.1. The number of benzene rings is 1. The van der Waals surface area contributed by atoms with Gasteiger partial charge in [-0.25, -0.2) is 4.99 Å². The maximum Gasteiger partial charge on any atom is 0.191 e. The summed E-state index contributed by atoms with van der Waals surface area (Å²) < 4.78 is 11.2. The van der Waals surface area contributed by atoms with Gasteiger partial charge in [0.05, 0.1) is 6.54 Å². The van der Waals surface area contributed by atoms with Gasteiger partial charge in [0.15, 0.2) is 5.96 Å². The topological polar surface area (TPSA) is 78.4 Å². The minimum Gasteiger partial charge on any atom is -0.396 e. The van der Waals surface area contributed by atoms with Gasteiger partial charge >= 0.3 is 0 Å². The number of aliphatic hydroxyl groups is 1. The van der Waals surface area contributed by atoms with Crippen LogP contribution in [-0.4, -0.2) is 70.3 Å². The number of ether oxygens (including phenoxy) is 2. The van der Waals surface area contributed by atoms with Crippen LogP contribution >= 0.6 is 24.0 Å². The summed E-state index contributed by atoms with van der Waals surface area (Å²) in [6.07, 6.45) is 5.36. The molecular weight excluding hydrogens is 531 g/mol. The molecule has 0 aromatic heterocycles. The van der Waals surface area contributed by atoms with E-state index in [-0.39, 0.29) is 24.0 Å². The SMILES string of the molecule is CCNC(=NCc1ccc(N2CCC(CO)CC2)cc1)NCCCOCC1CCOCC1.I. The molecule has 2 fully saturated rings. The lowest BCUT2D eigenvalue weighted by atomic mass is 9.97. The molecule has 2 aliphatic rings. The van der Waals surface area contributed by atoms with E-state index < -0.39 is 0 Å². The molecule has 0 aliphatic carbocycles. The van der Waals surface area contributed by atoms with E-state index >= 15 is 0 Å². The van der Waals surface area contributed by atoms with Crippen molar-refractivity contribution in [3.8, 4) is 0 Å². The third-order valence-electron chi connectivity index (χ3n) is 6.39. The van der Waals surface area contributed by atoms with Crippen LogP contribution in [0.1, 0.15) is 44.6 Å². The molecule has 1 aromatic carbocycles. The lowest BCUT2D eigenvalue weighted by Gasteiger charge is -2.32. The number of nitrogens with one attached hydrogen (secondary N) is 2. The van der Waals surface area contributed by atoms with E-state index in [9.17, 15) is 5.11 Å². The molecule has 0 atom stereocenters. The Morgan fingerprint density at radius 3 is 2.48 bits per heavy atom. The smallest absolute Gasteiger partial charge is 0.191 e. The van der Waals surface area contributed by atoms with Gasteiger partial charge in [0.25, 0.3) is 0 Å². The van der Waals surface area contributed by atoms with Gasteiger partial charge in [0.2, 0.25) is 0 Å². The fraction of sp³-hybridized carbons (Fsp3) is 0.720. The van der Waals surface area contributed by atoms with Crippen molar-refractivity contribution in [2.75, 3.05) is 64.1 Å². The van der Waals surface area contributed by atoms with Crippen LogP contribution in [0.5, 0.6) is 0 Å². The van der Waals surface area contributed by atoms with Crippen molar-refractivity contribution < 1.29 is 14.6 Å². The molecule has 0 spiro atoms. The van der Waals surface area contributed by atoms with Crippen molar-refractivity contribution >= 4 is 35.6 Å². The lowest BCUT2D eigenvalue weighted by Crippen LogP contribution is -2.38. The van der Waals surface area contributed by atoms with Gasteiger partial charge in [0.1, 0.15) is 0 Å². The van der Waals surface area contributed by atoms with Crippen LogP contribution < -0.4 is 15.5 Å². The predicted molar refractivity (Wildman–Crippen MR) is 146 cm³/mol. The van der Waals surface area contributed by atoms with E-state index in [1.807, 2.05) is 0 Å². The molecular formula is C25H43IN4O3. The number of hydrogen-bond donors (Lipinski definition) is 3. The zero-order chi connectivity index (χ0) is 22.4. The fourth-order valence-corrected chi connectivity index (χ4v) is 4.24. The molecule has 3 rings (SSSR count). The largest absolute Gasteiger partial charge is 0.396 e. The minimum atomic E-state index is 0. The zero-order valence-electron chi connectivity index (χ0n) is 20.1. The first-order valence-corrected chi connectivity index (χ1v) is 12.4. The van der Waals surface area contributed by atoms with Crippen LogP contribution in [0.25, 0.3) is 0 Å². The first kappa shape index (κ1) is 28.1. The molecule has 2 saturated heterocycles. The molecule has 0 bridgehead atoms. The Bertz CT molecular complexity index is 660. The average Bonchev–Trinajstić information content (AvgIpc) is 2.85. The quantitative estimate of drug-likeness (QED) is 0.163. The monoisotopic (exact) mass is 574 g/mol. The number of halogens is 1. The number of rotatable bonds is 11. The number of guanidine groups is 1. The highest BCUT2D eigenvalue weighted by Crippen LogP contribution is 2.23. The van der Waals surface area contributed by atoms with Crippen LogP contribution in [0, 0.1) is 11.8 Å². The molecule has 8 heteroatoms. The first-order valence-electron chi connectivity index (χ1n) is 12.4. The molecule has 0 saturated carbocycles. The maximum absolute atomic E-state index is 9.32. The number of aliphatic hydroxyl groups excluding tert-OH is 1. The van der Waals surface area contributed by atoms with Gasteiger partial charge in [-0.3, -0.25) is 0 Å². The Labute approximate surface area is 216 Å².